The van der Waals surface area contributed by atoms with Gasteiger partial charge < -0.3 is 10.2 Å². The predicted molar refractivity (Wildman–Crippen MR) is 173 cm³/mol. The highest BCUT2D eigenvalue weighted by Crippen LogP contribution is 2.26. The number of amides is 1. The Balaban J connectivity index is 1.13. The van der Waals surface area contributed by atoms with Gasteiger partial charge in [-0.3, -0.25) is 9.78 Å². The van der Waals surface area contributed by atoms with Crippen molar-refractivity contribution in [2.45, 2.75) is 57.8 Å². The summed E-state index contributed by atoms with van der Waals surface area (Å²) in [4.78, 5) is 21.1. The first-order valence-electron chi connectivity index (χ1n) is 14.9. The number of carbonyl (C=O) groups excluding carboxylic acids is 1. The van der Waals surface area contributed by atoms with Gasteiger partial charge in [-0.05, 0) is 75.9 Å². The molecule has 1 saturated carbocycles. The Hall–Kier alpha value is -4.06. The molecule has 0 bridgehead atoms. The van der Waals surface area contributed by atoms with Crippen LogP contribution < -0.4 is 5.32 Å². The Kier molecular flexibility index (Phi) is 9.18. The average molecular weight is 572 g/mol. The highest BCUT2D eigenvalue weighted by Gasteiger charge is 2.18. The third-order valence-electron chi connectivity index (χ3n) is 8.14. The average Bonchev–Trinajstić information content (AvgIpc) is 3.60. The fourth-order valence-electron chi connectivity index (χ4n) is 5.72. The van der Waals surface area contributed by atoms with Crippen LogP contribution in [0.4, 0.5) is 0 Å². The lowest BCUT2D eigenvalue weighted by atomic mass is 9.95. The third-order valence-corrected chi connectivity index (χ3v) is 9.05. The van der Waals surface area contributed by atoms with Gasteiger partial charge in [0.2, 0.25) is 0 Å². The van der Waals surface area contributed by atoms with E-state index in [1.807, 2.05) is 53.6 Å². The number of benzene rings is 3. The van der Waals surface area contributed by atoms with E-state index in [1.54, 1.807) is 17.5 Å². The Bertz CT molecular complexity index is 1540. The maximum atomic E-state index is 13.7. The minimum atomic E-state index is 0.0121. The largest absolute Gasteiger partial charge is 0.330 e. The molecule has 0 unspecified atom stereocenters. The summed E-state index contributed by atoms with van der Waals surface area (Å²) in [5.41, 5.74) is 7.64. The summed E-state index contributed by atoms with van der Waals surface area (Å²) in [5.74, 6) is 0.0121. The van der Waals surface area contributed by atoms with Gasteiger partial charge >= 0.3 is 0 Å². The van der Waals surface area contributed by atoms with Crippen molar-refractivity contribution in [1.29, 1.82) is 0 Å². The van der Waals surface area contributed by atoms with E-state index < -0.39 is 0 Å². The van der Waals surface area contributed by atoms with Gasteiger partial charge in [-0.25, -0.2) is 0 Å². The fourth-order valence-corrected chi connectivity index (χ4v) is 6.45. The number of aromatic nitrogens is 1. The molecule has 3 aromatic carbocycles. The molecule has 5 aromatic rings. The molecular formula is C37H37N3OS. The Morgan fingerprint density at radius 2 is 1.40 bits per heavy atom. The molecule has 6 rings (SSSR count). The third kappa shape index (κ3) is 7.22. The lowest BCUT2D eigenvalue weighted by Crippen LogP contribution is -2.30. The molecule has 0 spiro atoms. The van der Waals surface area contributed by atoms with Gasteiger partial charge in [-0.2, -0.15) is 0 Å². The molecule has 5 heteroatoms. The highest BCUT2D eigenvalue weighted by atomic mass is 32.1. The lowest BCUT2D eigenvalue weighted by Gasteiger charge is -2.23. The molecule has 1 amide bonds. The summed E-state index contributed by atoms with van der Waals surface area (Å²) in [6.45, 7) is 1.95. The summed E-state index contributed by atoms with van der Waals surface area (Å²) in [6, 6.07) is 34.2. The number of hydrogen-bond donors (Lipinski definition) is 1. The summed E-state index contributed by atoms with van der Waals surface area (Å²) in [5, 5.41) is 5.80. The van der Waals surface area contributed by atoms with Gasteiger partial charge in [0, 0.05) is 48.5 Å². The Morgan fingerprint density at radius 3 is 2.05 bits per heavy atom. The molecule has 0 saturated heterocycles. The van der Waals surface area contributed by atoms with E-state index in [0.29, 0.717) is 24.7 Å². The van der Waals surface area contributed by atoms with Crippen molar-refractivity contribution < 1.29 is 4.79 Å². The van der Waals surface area contributed by atoms with Crippen LogP contribution in [0.3, 0.4) is 0 Å². The summed E-state index contributed by atoms with van der Waals surface area (Å²) in [6.07, 6.45) is 10.3. The van der Waals surface area contributed by atoms with Crippen molar-refractivity contribution in [2.75, 3.05) is 0 Å². The van der Waals surface area contributed by atoms with E-state index in [0.717, 1.165) is 23.2 Å². The topological polar surface area (TPSA) is 45.2 Å². The second kappa shape index (κ2) is 13.7. The van der Waals surface area contributed by atoms with Gasteiger partial charge in [-0.15, -0.1) is 11.3 Å². The zero-order valence-corrected chi connectivity index (χ0v) is 24.7. The van der Waals surface area contributed by atoms with Crippen molar-refractivity contribution in [1.82, 2.24) is 15.2 Å². The van der Waals surface area contributed by atoms with Crippen molar-refractivity contribution in [3.63, 3.8) is 0 Å². The summed E-state index contributed by atoms with van der Waals surface area (Å²) >= 11 is 1.70. The molecule has 0 radical (unpaired) electrons. The standard InChI is InChI=1S/C37H37N3OS/c41-37(34-20-18-33(19-21-34)36-9-5-23-42-36)40(27-30-6-4-22-38-24-30)26-29-12-16-32(17-13-29)31-14-10-28(11-15-31)25-39-35-7-2-1-3-8-35/h4-6,9-24,35,39H,1-3,7-8,25-27H2. The number of nitrogens with zero attached hydrogens (tertiary/aromatic N) is 2. The van der Waals surface area contributed by atoms with E-state index in [2.05, 4.69) is 70.3 Å². The van der Waals surface area contributed by atoms with Gasteiger partial charge in [0.05, 0.1) is 0 Å². The first-order valence-corrected chi connectivity index (χ1v) is 15.8. The monoisotopic (exact) mass is 571 g/mol. The summed E-state index contributed by atoms with van der Waals surface area (Å²) in [7, 11) is 0. The molecule has 1 aliphatic carbocycles. The first-order chi connectivity index (χ1) is 20.7. The van der Waals surface area contributed by atoms with Crippen LogP contribution in [0, 0.1) is 0 Å². The smallest absolute Gasteiger partial charge is 0.254 e. The predicted octanol–water partition coefficient (Wildman–Crippen LogP) is 8.74. The minimum Gasteiger partial charge on any atom is -0.330 e. The zero-order chi connectivity index (χ0) is 28.6. The second-order valence-corrected chi connectivity index (χ2v) is 12.1. The maximum absolute atomic E-state index is 13.7. The zero-order valence-electron chi connectivity index (χ0n) is 23.9. The van der Waals surface area contributed by atoms with Crippen molar-refractivity contribution in [2.24, 2.45) is 0 Å². The molecule has 42 heavy (non-hydrogen) atoms. The fraction of sp³-hybridized carbons (Fsp3) is 0.243. The van der Waals surface area contributed by atoms with Crippen LogP contribution in [0.25, 0.3) is 21.6 Å². The van der Waals surface area contributed by atoms with E-state index >= 15 is 0 Å². The van der Waals surface area contributed by atoms with Gasteiger partial charge in [0.15, 0.2) is 0 Å². The Morgan fingerprint density at radius 1 is 0.738 bits per heavy atom. The number of thiophene rings is 1. The van der Waals surface area contributed by atoms with Crippen LogP contribution in [-0.4, -0.2) is 21.8 Å². The van der Waals surface area contributed by atoms with Crippen LogP contribution >= 0.6 is 11.3 Å². The van der Waals surface area contributed by atoms with Crippen LogP contribution in [0.15, 0.2) is 115 Å². The molecule has 1 fully saturated rings. The molecule has 0 atom stereocenters. The van der Waals surface area contributed by atoms with Crippen LogP contribution in [0.1, 0.15) is 59.2 Å². The van der Waals surface area contributed by atoms with E-state index in [4.69, 9.17) is 0 Å². The first kappa shape index (κ1) is 28.1. The van der Waals surface area contributed by atoms with Gasteiger partial charge in [0.1, 0.15) is 0 Å². The van der Waals surface area contributed by atoms with Crippen LogP contribution in [0.2, 0.25) is 0 Å². The number of rotatable bonds is 10. The highest BCUT2D eigenvalue weighted by molar-refractivity contribution is 7.13. The van der Waals surface area contributed by atoms with Crippen molar-refractivity contribution >= 4 is 17.2 Å². The quantitative estimate of drug-likeness (QED) is 0.182. The van der Waals surface area contributed by atoms with Crippen LogP contribution in [0.5, 0.6) is 0 Å². The Labute approximate surface area is 253 Å². The molecule has 2 aromatic heterocycles. The molecule has 0 aliphatic heterocycles. The molecule has 2 heterocycles. The molecule has 212 valence electrons. The van der Waals surface area contributed by atoms with Gasteiger partial charge in [-0.1, -0.05) is 92.1 Å². The number of hydrogen-bond acceptors (Lipinski definition) is 4. The minimum absolute atomic E-state index is 0.0121. The van der Waals surface area contributed by atoms with Crippen LogP contribution in [-0.2, 0) is 19.6 Å². The normalized spacial score (nSPS) is 13.6. The van der Waals surface area contributed by atoms with E-state index in [9.17, 15) is 4.79 Å². The molecule has 4 nitrogen and oxygen atoms in total. The molecule has 1 aliphatic rings. The maximum Gasteiger partial charge on any atom is 0.254 e. The van der Waals surface area contributed by atoms with E-state index in [-0.39, 0.29) is 5.91 Å². The van der Waals surface area contributed by atoms with E-state index in [1.165, 1.54) is 53.7 Å². The van der Waals surface area contributed by atoms with Gasteiger partial charge in [0.25, 0.3) is 5.91 Å². The number of pyridine rings is 1. The van der Waals surface area contributed by atoms with Crippen molar-refractivity contribution in [3.8, 4) is 21.6 Å². The summed E-state index contributed by atoms with van der Waals surface area (Å²) < 4.78 is 0. The SMILES string of the molecule is O=C(c1ccc(-c2cccs2)cc1)N(Cc1ccc(-c2ccc(CNC3CCCCC3)cc2)cc1)Cc1cccnc1. The second-order valence-electron chi connectivity index (χ2n) is 11.2. The molecule has 1 N–H and O–H groups in total. The number of carbonyl (C=O) groups is 1. The van der Waals surface area contributed by atoms with Crippen molar-refractivity contribution in [3.05, 3.63) is 137 Å². The molecular weight excluding hydrogens is 534 g/mol. The lowest BCUT2D eigenvalue weighted by molar-refractivity contribution is 0.0730. The number of nitrogens with one attached hydrogen (secondary N) is 1.